The lowest BCUT2D eigenvalue weighted by Crippen LogP contribution is -2.45. The standard InChI is InChI=1S/C17H14BrN3O2/c18-14-3-1-2-13(9-14)17(23)21-15(16(20)22)8-11-4-6-12(10-19)7-5-11/h1-7,9,15H,8H2,(H2,20,22)(H,21,23)/t15-/m0/s1. The Balaban J connectivity index is 2.10. The van der Waals surface area contributed by atoms with Gasteiger partial charge in [0.25, 0.3) is 5.91 Å². The van der Waals surface area contributed by atoms with Crippen LogP contribution in [0.3, 0.4) is 0 Å². The number of halogens is 1. The zero-order valence-electron chi connectivity index (χ0n) is 12.1. The molecule has 0 bridgehead atoms. The second-order valence-corrected chi connectivity index (χ2v) is 5.87. The number of nitrogens with zero attached hydrogens (tertiary/aromatic N) is 1. The number of hydrogen-bond acceptors (Lipinski definition) is 3. The van der Waals surface area contributed by atoms with Crippen molar-refractivity contribution < 1.29 is 9.59 Å². The van der Waals surface area contributed by atoms with E-state index in [9.17, 15) is 9.59 Å². The Bertz CT molecular complexity index is 766. The number of benzene rings is 2. The molecule has 5 nitrogen and oxygen atoms in total. The SMILES string of the molecule is N#Cc1ccc(C[C@H](NC(=O)c2cccc(Br)c2)C(N)=O)cc1. The second kappa shape index (κ2) is 7.56. The summed E-state index contributed by atoms with van der Waals surface area (Å²) in [6.07, 6.45) is 0.265. The van der Waals surface area contributed by atoms with Gasteiger partial charge < -0.3 is 11.1 Å². The van der Waals surface area contributed by atoms with Gasteiger partial charge in [-0.05, 0) is 35.9 Å². The summed E-state index contributed by atoms with van der Waals surface area (Å²) in [5, 5.41) is 11.4. The molecular formula is C17H14BrN3O2. The van der Waals surface area contributed by atoms with Crippen molar-refractivity contribution in [3.63, 3.8) is 0 Å². The fourth-order valence-corrected chi connectivity index (χ4v) is 2.44. The van der Waals surface area contributed by atoms with Crippen LogP contribution >= 0.6 is 15.9 Å². The molecule has 0 saturated heterocycles. The van der Waals surface area contributed by atoms with Crippen LogP contribution < -0.4 is 11.1 Å². The average molecular weight is 372 g/mol. The molecule has 1 atom stereocenters. The molecule has 0 aliphatic carbocycles. The number of amides is 2. The van der Waals surface area contributed by atoms with E-state index in [2.05, 4.69) is 21.2 Å². The van der Waals surface area contributed by atoms with Crippen LogP contribution in [0.1, 0.15) is 21.5 Å². The maximum atomic E-state index is 12.2. The molecule has 2 amide bonds. The maximum absolute atomic E-state index is 12.2. The Morgan fingerprint density at radius 1 is 1.22 bits per heavy atom. The van der Waals surface area contributed by atoms with E-state index in [1.807, 2.05) is 6.07 Å². The highest BCUT2D eigenvalue weighted by Gasteiger charge is 2.19. The predicted octanol–water partition coefficient (Wildman–Crippen LogP) is 2.15. The molecule has 0 radical (unpaired) electrons. The molecule has 116 valence electrons. The van der Waals surface area contributed by atoms with E-state index in [1.165, 1.54) is 0 Å². The van der Waals surface area contributed by atoms with Gasteiger partial charge in [-0.2, -0.15) is 5.26 Å². The highest BCUT2D eigenvalue weighted by atomic mass is 79.9. The molecule has 0 heterocycles. The minimum atomic E-state index is -0.825. The van der Waals surface area contributed by atoms with Crippen molar-refractivity contribution >= 4 is 27.7 Å². The van der Waals surface area contributed by atoms with E-state index in [-0.39, 0.29) is 12.3 Å². The Hall–Kier alpha value is -2.65. The van der Waals surface area contributed by atoms with Crippen LogP contribution in [0.25, 0.3) is 0 Å². The first-order valence-electron chi connectivity index (χ1n) is 6.84. The molecule has 0 aromatic heterocycles. The Morgan fingerprint density at radius 2 is 1.91 bits per heavy atom. The molecule has 2 rings (SSSR count). The van der Waals surface area contributed by atoms with Gasteiger partial charge in [0.15, 0.2) is 0 Å². The van der Waals surface area contributed by atoms with E-state index in [1.54, 1.807) is 48.5 Å². The van der Waals surface area contributed by atoms with Gasteiger partial charge in [0.2, 0.25) is 5.91 Å². The van der Waals surface area contributed by atoms with Crippen LogP contribution in [0.2, 0.25) is 0 Å². The van der Waals surface area contributed by atoms with Crippen molar-refractivity contribution in [2.75, 3.05) is 0 Å². The summed E-state index contributed by atoms with van der Waals surface area (Å²) in [5.41, 5.74) is 7.16. The third-order valence-electron chi connectivity index (χ3n) is 3.26. The molecule has 6 heteroatoms. The second-order valence-electron chi connectivity index (χ2n) is 4.95. The normalized spacial score (nSPS) is 11.3. The molecule has 2 aromatic carbocycles. The third kappa shape index (κ3) is 4.66. The van der Waals surface area contributed by atoms with Gasteiger partial charge in [-0.3, -0.25) is 9.59 Å². The van der Waals surface area contributed by atoms with Crippen LogP contribution in [0.15, 0.2) is 53.0 Å². The number of rotatable bonds is 5. The van der Waals surface area contributed by atoms with Crippen molar-refractivity contribution in [3.05, 3.63) is 69.7 Å². The van der Waals surface area contributed by atoms with E-state index in [4.69, 9.17) is 11.0 Å². The van der Waals surface area contributed by atoms with E-state index < -0.39 is 11.9 Å². The summed E-state index contributed by atoms with van der Waals surface area (Å²) < 4.78 is 0.771. The Labute approximate surface area is 142 Å². The molecule has 3 N–H and O–H groups in total. The zero-order chi connectivity index (χ0) is 16.8. The van der Waals surface area contributed by atoms with Crippen molar-refractivity contribution in [1.82, 2.24) is 5.32 Å². The molecule has 2 aromatic rings. The number of nitrogens with two attached hydrogens (primary N) is 1. The Morgan fingerprint density at radius 3 is 2.48 bits per heavy atom. The fourth-order valence-electron chi connectivity index (χ4n) is 2.05. The summed E-state index contributed by atoms with van der Waals surface area (Å²) in [7, 11) is 0. The maximum Gasteiger partial charge on any atom is 0.251 e. The van der Waals surface area contributed by atoms with Gasteiger partial charge in [0.05, 0.1) is 11.6 Å². The van der Waals surface area contributed by atoms with Gasteiger partial charge in [0, 0.05) is 16.5 Å². The minimum absolute atomic E-state index is 0.265. The van der Waals surface area contributed by atoms with Crippen LogP contribution in [0.5, 0.6) is 0 Å². The van der Waals surface area contributed by atoms with Crippen LogP contribution in [0.4, 0.5) is 0 Å². The lowest BCUT2D eigenvalue weighted by Gasteiger charge is -2.16. The number of hydrogen-bond donors (Lipinski definition) is 2. The van der Waals surface area contributed by atoms with Crippen molar-refractivity contribution in [2.45, 2.75) is 12.5 Å². The first kappa shape index (κ1) is 16.7. The zero-order valence-corrected chi connectivity index (χ0v) is 13.7. The van der Waals surface area contributed by atoms with E-state index >= 15 is 0 Å². The largest absolute Gasteiger partial charge is 0.368 e. The third-order valence-corrected chi connectivity index (χ3v) is 3.75. The summed E-state index contributed by atoms with van der Waals surface area (Å²) in [5.74, 6) is -0.985. The lowest BCUT2D eigenvalue weighted by molar-refractivity contribution is -0.119. The molecule has 0 fully saturated rings. The number of primary amides is 1. The molecular weight excluding hydrogens is 358 g/mol. The summed E-state index contributed by atoms with van der Waals surface area (Å²) >= 11 is 3.29. The number of carbonyl (C=O) groups is 2. The molecule has 0 spiro atoms. The molecule has 0 unspecified atom stereocenters. The topological polar surface area (TPSA) is 96.0 Å². The quantitative estimate of drug-likeness (QED) is 0.842. The monoisotopic (exact) mass is 371 g/mol. The first-order valence-corrected chi connectivity index (χ1v) is 7.63. The fraction of sp³-hybridized carbons (Fsp3) is 0.118. The number of carbonyl (C=O) groups excluding carboxylic acids is 2. The first-order chi connectivity index (χ1) is 11.0. The number of nitriles is 1. The Kier molecular flexibility index (Phi) is 5.50. The van der Waals surface area contributed by atoms with Crippen LogP contribution in [-0.2, 0) is 11.2 Å². The van der Waals surface area contributed by atoms with Crippen molar-refractivity contribution in [1.29, 1.82) is 5.26 Å². The number of nitrogens with one attached hydrogen (secondary N) is 1. The lowest BCUT2D eigenvalue weighted by atomic mass is 10.0. The van der Waals surface area contributed by atoms with E-state index in [0.717, 1.165) is 10.0 Å². The van der Waals surface area contributed by atoms with Gasteiger partial charge in [0.1, 0.15) is 6.04 Å². The highest BCUT2D eigenvalue weighted by molar-refractivity contribution is 9.10. The van der Waals surface area contributed by atoms with E-state index in [0.29, 0.717) is 11.1 Å². The minimum Gasteiger partial charge on any atom is -0.368 e. The smallest absolute Gasteiger partial charge is 0.251 e. The molecule has 23 heavy (non-hydrogen) atoms. The van der Waals surface area contributed by atoms with Crippen LogP contribution in [0, 0.1) is 11.3 Å². The molecule has 0 aliphatic rings. The van der Waals surface area contributed by atoms with Crippen molar-refractivity contribution in [2.24, 2.45) is 5.73 Å². The highest BCUT2D eigenvalue weighted by Crippen LogP contribution is 2.12. The van der Waals surface area contributed by atoms with Crippen molar-refractivity contribution in [3.8, 4) is 6.07 Å². The average Bonchev–Trinajstić information content (AvgIpc) is 2.54. The summed E-state index contributed by atoms with van der Waals surface area (Å²) in [6, 6.07) is 14.8. The van der Waals surface area contributed by atoms with Crippen LogP contribution in [-0.4, -0.2) is 17.9 Å². The van der Waals surface area contributed by atoms with Gasteiger partial charge >= 0.3 is 0 Å². The van der Waals surface area contributed by atoms with Gasteiger partial charge in [-0.25, -0.2) is 0 Å². The molecule has 0 saturated carbocycles. The van der Waals surface area contributed by atoms with Gasteiger partial charge in [-0.1, -0.05) is 34.1 Å². The predicted molar refractivity (Wildman–Crippen MR) is 89.5 cm³/mol. The summed E-state index contributed by atoms with van der Waals surface area (Å²) in [4.78, 5) is 23.8. The molecule has 0 aliphatic heterocycles. The van der Waals surface area contributed by atoms with Gasteiger partial charge in [-0.15, -0.1) is 0 Å². The summed E-state index contributed by atoms with van der Waals surface area (Å²) in [6.45, 7) is 0.